The molecule has 0 heterocycles. The highest BCUT2D eigenvalue weighted by Gasteiger charge is 2.20. The molecule has 0 bridgehead atoms. The summed E-state index contributed by atoms with van der Waals surface area (Å²) in [6.07, 6.45) is 1.48. The molecule has 0 atom stereocenters. The summed E-state index contributed by atoms with van der Waals surface area (Å²) in [7, 11) is 0. The summed E-state index contributed by atoms with van der Waals surface area (Å²) >= 11 is 0. The van der Waals surface area contributed by atoms with Crippen LogP contribution < -0.4 is 15.6 Å². The number of benzene rings is 3. The maximum absolute atomic E-state index is 12.4. The van der Waals surface area contributed by atoms with Crippen molar-refractivity contribution in [2.75, 3.05) is 0 Å². The summed E-state index contributed by atoms with van der Waals surface area (Å²) in [6, 6.07) is 24.0. The van der Waals surface area contributed by atoms with Crippen LogP contribution in [0.3, 0.4) is 0 Å². The van der Waals surface area contributed by atoms with E-state index in [1.165, 1.54) is 6.08 Å². The SMILES string of the molecule is O=C(NNC1=CC(=O)c2ccccc21)c1ccc(COc2ccccc2)cc1. The van der Waals surface area contributed by atoms with Crippen LogP contribution in [0.1, 0.15) is 31.8 Å². The van der Waals surface area contributed by atoms with E-state index in [4.69, 9.17) is 4.74 Å². The summed E-state index contributed by atoms with van der Waals surface area (Å²) in [5.74, 6) is 0.441. The number of hydrogen-bond acceptors (Lipinski definition) is 4. The number of para-hydroxylation sites is 1. The first-order chi connectivity index (χ1) is 13.7. The molecule has 0 aliphatic heterocycles. The molecule has 1 aliphatic carbocycles. The van der Waals surface area contributed by atoms with Gasteiger partial charge in [0.05, 0.1) is 5.70 Å². The van der Waals surface area contributed by atoms with Crippen molar-refractivity contribution < 1.29 is 14.3 Å². The monoisotopic (exact) mass is 370 g/mol. The Labute approximate surface area is 162 Å². The molecule has 3 aromatic carbocycles. The van der Waals surface area contributed by atoms with Crippen molar-refractivity contribution in [1.82, 2.24) is 10.9 Å². The lowest BCUT2D eigenvalue weighted by Crippen LogP contribution is -2.35. The van der Waals surface area contributed by atoms with Gasteiger partial charge in [-0.3, -0.25) is 20.4 Å². The van der Waals surface area contributed by atoms with Crippen molar-refractivity contribution >= 4 is 17.4 Å². The van der Waals surface area contributed by atoms with Gasteiger partial charge in [-0.2, -0.15) is 0 Å². The van der Waals surface area contributed by atoms with Crippen LogP contribution >= 0.6 is 0 Å². The van der Waals surface area contributed by atoms with Gasteiger partial charge in [-0.05, 0) is 29.8 Å². The molecule has 138 valence electrons. The molecule has 0 saturated carbocycles. The van der Waals surface area contributed by atoms with E-state index in [-0.39, 0.29) is 11.7 Å². The van der Waals surface area contributed by atoms with E-state index in [2.05, 4.69) is 10.9 Å². The molecule has 1 aliphatic rings. The van der Waals surface area contributed by atoms with Crippen LogP contribution in [0.25, 0.3) is 5.70 Å². The number of allylic oxidation sites excluding steroid dienone is 1. The quantitative estimate of drug-likeness (QED) is 0.649. The smallest absolute Gasteiger partial charge is 0.269 e. The van der Waals surface area contributed by atoms with Crippen molar-refractivity contribution in [1.29, 1.82) is 0 Å². The maximum atomic E-state index is 12.4. The molecule has 5 nitrogen and oxygen atoms in total. The van der Waals surface area contributed by atoms with E-state index >= 15 is 0 Å². The minimum atomic E-state index is -0.284. The zero-order valence-corrected chi connectivity index (χ0v) is 15.0. The van der Waals surface area contributed by atoms with Crippen molar-refractivity contribution in [3.8, 4) is 5.75 Å². The Morgan fingerprint density at radius 3 is 2.25 bits per heavy atom. The molecule has 0 radical (unpaired) electrons. The van der Waals surface area contributed by atoms with Crippen LogP contribution in [-0.4, -0.2) is 11.7 Å². The van der Waals surface area contributed by atoms with Gasteiger partial charge in [0.15, 0.2) is 5.78 Å². The lowest BCUT2D eigenvalue weighted by molar-refractivity contribution is 0.0941. The van der Waals surface area contributed by atoms with E-state index in [9.17, 15) is 9.59 Å². The fourth-order valence-corrected chi connectivity index (χ4v) is 2.95. The first-order valence-electron chi connectivity index (χ1n) is 8.89. The molecule has 0 fully saturated rings. The molecule has 4 rings (SSSR count). The fourth-order valence-electron chi connectivity index (χ4n) is 2.95. The number of hydrogen-bond donors (Lipinski definition) is 2. The van der Waals surface area contributed by atoms with Gasteiger partial charge in [-0.15, -0.1) is 0 Å². The van der Waals surface area contributed by atoms with E-state index in [1.54, 1.807) is 18.2 Å². The molecule has 28 heavy (non-hydrogen) atoms. The number of hydrazine groups is 1. The number of ether oxygens (including phenoxy) is 1. The van der Waals surface area contributed by atoms with Crippen molar-refractivity contribution in [2.24, 2.45) is 0 Å². The molecule has 0 aromatic heterocycles. The van der Waals surface area contributed by atoms with Gasteiger partial charge in [0.1, 0.15) is 12.4 Å². The summed E-state index contributed by atoms with van der Waals surface area (Å²) in [5, 5.41) is 0. The number of rotatable bonds is 6. The van der Waals surface area contributed by atoms with E-state index < -0.39 is 0 Å². The number of nitrogens with one attached hydrogen (secondary N) is 2. The normalized spacial score (nSPS) is 12.1. The number of amides is 1. The minimum absolute atomic E-state index is 0.0740. The highest BCUT2D eigenvalue weighted by molar-refractivity contribution is 6.16. The highest BCUT2D eigenvalue weighted by Crippen LogP contribution is 2.24. The highest BCUT2D eigenvalue weighted by atomic mass is 16.5. The van der Waals surface area contributed by atoms with Crippen LogP contribution in [0.5, 0.6) is 5.75 Å². The third-order valence-corrected chi connectivity index (χ3v) is 4.43. The Hall–Kier alpha value is -3.86. The molecule has 3 aromatic rings. The first-order valence-corrected chi connectivity index (χ1v) is 8.89. The van der Waals surface area contributed by atoms with Crippen LogP contribution in [0.2, 0.25) is 0 Å². The summed E-state index contributed by atoms with van der Waals surface area (Å²) in [5.41, 5.74) is 8.95. The topological polar surface area (TPSA) is 67.4 Å². The molecular weight excluding hydrogens is 352 g/mol. The van der Waals surface area contributed by atoms with Crippen molar-refractivity contribution in [3.05, 3.63) is 107 Å². The second kappa shape index (κ2) is 7.80. The zero-order valence-electron chi connectivity index (χ0n) is 15.0. The Bertz CT molecular complexity index is 1040. The van der Waals surface area contributed by atoms with Gasteiger partial charge in [0.2, 0.25) is 0 Å². The van der Waals surface area contributed by atoms with Crippen molar-refractivity contribution in [3.63, 3.8) is 0 Å². The molecular formula is C23H18N2O3. The second-order valence-electron chi connectivity index (χ2n) is 6.35. The predicted molar refractivity (Wildman–Crippen MR) is 107 cm³/mol. The third-order valence-electron chi connectivity index (χ3n) is 4.43. The molecule has 0 unspecified atom stereocenters. The Kier molecular flexibility index (Phi) is 4.89. The molecule has 5 heteroatoms. The molecule has 2 N–H and O–H groups in total. The lowest BCUT2D eigenvalue weighted by atomic mass is 10.1. The fraction of sp³-hybridized carbons (Fsp3) is 0.0435. The lowest BCUT2D eigenvalue weighted by Gasteiger charge is -2.11. The van der Waals surface area contributed by atoms with E-state index in [0.717, 1.165) is 16.9 Å². The minimum Gasteiger partial charge on any atom is -0.489 e. The van der Waals surface area contributed by atoms with Gasteiger partial charge in [-0.25, -0.2) is 0 Å². The van der Waals surface area contributed by atoms with Gasteiger partial charge < -0.3 is 4.74 Å². The van der Waals surface area contributed by atoms with Crippen LogP contribution in [-0.2, 0) is 6.61 Å². The predicted octanol–water partition coefficient (Wildman–Crippen LogP) is 3.74. The Morgan fingerprint density at radius 2 is 1.50 bits per heavy atom. The van der Waals surface area contributed by atoms with Crippen LogP contribution in [0.4, 0.5) is 0 Å². The molecule has 1 amide bonds. The molecule has 0 saturated heterocycles. The standard InChI is InChI=1S/C23H18N2O3/c26-22-14-21(19-8-4-5-9-20(19)22)24-25-23(27)17-12-10-16(11-13-17)15-28-18-6-2-1-3-7-18/h1-14,24H,15H2,(H,25,27). The molecule has 0 spiro atoms. The second-order valence-corrected chi connectivity index (χ2v) is 6.35. The summed E-state index contributed by atoms with van der Waals surface area (Å²) in [6.45, 7) is 0.427. The van der Waals surface area contributed by atoms with Gasteiger partial charge in [0.25, 0.3) is 5.91 Å². The maximum Gasteiger partial charge on any atom is 0.269 e. The van der Waals surface area contributed by atoms with E-state index in [1.807, 2.05) is 60.7 Å². The zero-order chi connectivity index (χ0) is 19.3. The number of ketones is 1. The van der Waals surface area contributed by atoms with Gasteiger partial charge >= 0.3 is 0 Å². The van der Waals surface area contributed by atoms with Gasteiger partial charge in [0, 0.05) is 22.8 Å². The average molecular weight is 370 g/mol. The summed E-state index contributed by atoms with van der Waals surface area (Å²) in [4.78, 5) is 24.3. The number of fused-ring (bicyclic) bond motifs is 1. The number of carbonyl (C=O) groups excluding carboxylic acids is 2. The average Bonchev–Trinajstić information content (AvgIpc) is 3.07. The Morgan fingerprint density at radius 1 is 0.821 bits per heavy atom. The van der Waals surface area contributed by atoms with Crippen molar-refractivity contribution in [2.45, 2.75) is 6.61 Å². The first kappa shape index (κ1) is 17.5. The van der Waals surface area contributed by atoms with Crippen LogP contribution in [0.15, 0.2) is 84.9 Å². The van der Waals surface area contributed by atoms with E-state index in [0.29, 0.717) is 23.4 Å². The van der Waals surface area contributed by atoms with Gasteiger partial charge in [-0.1, -0.05) is 54.6 Å². The van der Waals surface area contributed by atoms with Crippen LogP contribution in [0, 0.1) is 0 Å². The largest absolute Gasteiger partial charge is 0.489 e. The Balaban J connectivity index is 1.34. The third kappa shape index (κ3) is 3.78. The number of carbonyl (C=O) groups is 2. The summed E-state index contributed by atoms with van der Waals surface area (Å²) < 4.78 is 5.70.